The van der Waals surface area contributed by atoms with Gasteiger partial charge in [0.15, 0.2) is 0 Å². The standard InChI is InChI=1S/C17H17BrF4N2O2S/c18-13-6-15-11(5-14(13)20)12(7-24(15)9-3-8(19)4-9)16(17(21)22)23-27(25,26)10-1-2-10/h5-10,16-17,23H,1-4H2/t8?,9?,16-/m0/s1. The topological polar surface area (TPSA) is 51.1 Å². The van der Waals surface area contributed by atoms with E-state index in [1.54, 1.807) is 4.57 Å². The van der Waals surface area contributed by atoms with Gasteiger partial charge in [-0.1, -0.05) is 0 Å². The van der Waals surface area contributed by atoms with Crippen molar-refractivity contribution in [3.8, 4) is 0 Å². The van der Waals surface area contributed by atoms with Crippen molar-refractivity contribution in [1.82, 2.24) is 9.29 Å². The smallest absolute Gasteiger partial charge is 0.258 e. The Labute approximate surface area is 162 Å². The van der Waals surface area contributed by atoms with Crippen LogP contribution in [0, 0.1) is 5.82 Å². The number of hydrogen-bond donors (Lipinski definition) is 1. The molecule has 10 heteroatoms. The number of rotatable bonds is 6. The molecule has 0 aliphatic heterocycles. The van der Waals surface area contributed by atoms with E-state index in [0.29, 0.717) is 18.4 Å². The number of fused-ring (bicyclic) bond motifs is 1. The first kappa shape index (κ1) is 19.2. The van der Waals surface area contributed by atoms with Gasteiger partial charge in [0.25, 0.3) is 6.43 Å². The van der Waals surface area contributed by atoms with Crippen molar-refractivity contribution in [2.75, 3.05) is 0 Å². The number of benzene rings is 1. The predicted molar refractivity (Wildman–Crippen MR) is 96.6 cm³/mol. The Balaban J connectivity index is 1.82. The summed E-state index contributed by atoms with van der Waals surface area (Å²) in [6.07, 6.45) is -1.21. The fourth-order valence-corrected chi connectivity index (χ4v) is 5.33. The first-order chi connectivity index (χ1) is 12.7. The molecule has 148 valence electrons. The molecule has 0 radical (unpaired) electrons. The van der Waals surface area contributed by atoms with Crippen LogP contribution in [-0.2, 0) is 10.0 Å². The summed E-state index contributed by atoms with van der Waals surface area (Å²) < 4.78 is 83.3. The first-order valence-electron chi connectivity index (χ1n) is 8.60. The minimum Gasteiger partial charge on any atom is -0.344 e. The van der Waals surface area contributed by atoms with E-state index in [0.717, 1.165) is 6.07 Å². The molecule has 2 fully saturated rings. The fraction of sp³-hybridized carbons (Fsp3) is 0.529. The molecule has 1 heterocycles. The van der Waals surface area contributed by atoms with E-state index in [4.69, 9.17) is 0 Å². The zero-order valence-electron chi connectivity index (χ0n) is 14.0. The summed E-state index contributed by atoms with van der Waals surface area (Å²) in [6, 6.07) is 0.545. The van der Waals surface area contributed by atoms with E-state index in [-0.39, 0.29) is 34.3 Å². The zero-order valence-corrected chi connectivity index (χ0v) is 16.4. The van der Waals surface area contributed by atoms with Gasteiger partial charge >= 0.3 is 0 Å². The molecule has 1 atom stereocenters. The van der Waals surface area contributed by atoms with Crippen molar-refractivity contribution in [2.45, 2.75) is 55.6 Å². The van der Waals surface area contributed by atoms with Gasteiger partial charge in [0, 0.05) is 28.7 Å². The molecule has 0 unspecified atom stereocenters. The van der Waals surface area contributed by atoms with Crippen LogP contribution < -0.4 is 4.72 Å². The molecule has 2 aromatic rings. The third-order valence-corrected chi connectivity index (χ3v) is 7.74. The molecule has 27 heavy (non-hydrogen) atoms. The second-order valence-corrected chi connectivity index (χ2v) is 10.0. The number of aromatic nitrogens is 1. The molecule has 1 aromatic heterocycles. The quantitative estimate of drug-likeness (QED) is 0.629. The van der Waals surface area contributed by atoms with Gasteiger partial charge in [0.1, 0.15) is 18.0 Å². The van der Waals surface area contributed by atoms with Crippen molar-refractivity contribution in [2.24, 2.45) is 0 Å². The zero-order chi connectivity index (χ0) is 19.5. The summed E-state index contributed by atoms with van der Waals surface area (Å²) in [5.74, 6) is -0.642. The molecule has 2 aliphatic carbocycles. The highest BCUT2D eigenvalue weighted by atomic mass is 79.9. The maximum Gasteiger partial charge on any atom is 0.258 e. The van der Waals surface area contributed by atoms with Crippen molar-refractivity contribution < 1.29 is 26.0 Å². The Bertz CT molecular complexity index is 984. The maximum absolute atomic E-state index is 14.1. The number of alkyl halides is 3. The molecule has 4 rings (SSSR count). The molecule has 4 nitrogen and oxygen atoms in total. The largest absolute Gasteiger partial charge is 0.344 e. The number of halogens is 5. The molecule has 0 amide bonds. The van der Waals surface area contributed by atoms with Gasteiger partial charge in [-0.05, 0) is 53.7 Å². The maximum atomic E-state index is 14.1. The number of nitrogens with zero attached hydrogens (tertiary/aromatic N) is 1. The molecular formula is C17H17BrF4N2O2S. The lowest BCUT2D eigenvalue weighted by atomic mass is 9.90. The van der Waals surface area contributed by atoms with Crippen LogP contribution in [0.3, 0.4) is 0 Å². The van der Waals surface area contributed by atoms with Crippen molar-refractivity contribution >= 4 is 36.9 Å². The summed E-state index contributed by atoms with van der Waals surface area (Å²) in [5, 5.41) is -0.460. The molecule has 0 saturated heterocycles. The second-order valence-electron chi connectivity index (χ2n) is 7.17. The summed E-state index contributed by atoms with van der Waals surface area (Å²) >= 11 is 3.08. The molecule has 1 N–H and O–H groups in total. The van der Waals surface area contributed by atoms with Gasteiger partial charge < -0.3 is 4.57 Å². The minimum absolute atomic E-state index is 0.00191. The summed E-state index contributed by atoms with van der Waals surface area (Å²) in [5.41, 5.74) is 0.462. The average Bonchev–Trinajstić information content (AvgIpc) is 3.36. The third-order valence-electron chi connectivity index (χ3n) is 5.20. The van der Waals surface area contributed by atoms with Gasteiger partial charge in [-0.15, -0.1) is 0 Å². The Morgan fingerprint density at radius 2 is 1.89 bits per heavy atom. The van der Waals surface area contributed by atoms with Crippen molar-refractivity contribution in [1.29, 1.82) is 0 Å². The summed E-state index contributed by atoms with van der Waals surface area (Å²) in [7, 11) is -3.88. The van der Waals surface area contributed by atoms with Crippen LogP contribution in [-0.4, -0.2) is 30.8 Å². The highest BCUT2D eigenvalue weighted by Crippen LogP contribution is 2.41. The van der Waals surface area contributed by atoms with Crippen LogP contribution in [0.1, 0.15) is 43.3 Å². The predicted octanol–water partition coefficient (Wildman–Crippen LogP) is 4.60. The van der Waals surface area contributed by atoms with E-state index in [9.17, 15) is 26.0 Å². The Morgan fingerprint density at radius 3 is 2.44 bits per heavy atom. The lowest BCUT2D eigenvalue weighted by Crippen LogP contribution is -2.35. The lowest BCUT2D eigenvalue weighted by molar-refractivity contribution is 0.109. The van der Waals surface area contributed by atoms with Gasteiger partial charge in [0.2, 0.25) is 10.0 Å². The molecule has 0 spiro atoms. The fourth-order valence-electron chi connectivity index (χ4n) is 3.47. The van der Waals surface area contributed by atoms with E-state index in [2.05, 4.69) is 20.7 Å². The van der Waals surface area contributed by atoms with Crippen LogP contribution in [0.25, 0.3) is 10.9 Å². The first-order valence-corrected chi connectivity index (χ1v) is 10.9. The Hall–Kier alpha value is -1.13. The van der Waals surface area contributed by atoms with Gasteiger partial charge in [0.05, 0.1) is 9.72 Å². The van der Waals surface area contributed by atoms with Crippen molar-refractivity contribution in [3.63, 3.8) is 0 Å². The van der Waals surface area contributed by atoms with Gasteiger partial charge in [-0.3, -0.25) is 0 Å². The van der Waals surface area contributed by atoms with Crippen LogP contribution in [0.4, 0.5) is 17.6 Å². The number of hydrogen-bond acceptors (Lipinski definition) is 2. The van der Waals surface area contributed by atoms with E-state index in [1.807, 2.05) is 0 Å². The number of nitrogens with one attached hydrogen (secondary N) is 1. The molecule has 2 aliphatic rings. The van der Waals surface area contributed by atoms with Gasteiger partial charge in [-0.25, -0.2) is 30.7 Å². The summed E-state index contributed by atoms with van der Waals surface area (Å²) in [6.45, 7) is 0. The van der Waals surface area contributed by atoms with E-state index < -0.39 is 39.7 Å². The lowest BCUT2D eigenvalue weighted by Gasteiger charge is -2.31. The highest BCUT2D eigenvalue weighted by molar-refractivity contribution is 9.10. The van der Waals surface area contributed by atoms with E-state index >= 15 is 0 Å². The molecule has 2 saturated carbocycles. The monoisotopic (exact) mass is 468 g/mol. The van der Waals surface area contributed by atoms with Crippen LogP contribution in [0.2, 0.25) is 0 Å². The normalized spacial score (nSPS) is 24.4. The Kier molecular flexibility index (Phi) is 4.79. The van der Waals surface area contributed by atoms with Crippen LogP contribution in [0.5, 0.6) is 0 Å². The SMILES string of the molecule is O=S(=O)(N[C@@H](c1cn(C2CC(F)C2)c2cc(Br)c(F)cc12)C(F)F)C1CC1. The molecule has 0 bridgehead atoms. The number of sulfonamides is 1. The van der Waals surface area contributed by atoms with Gasteiger partial charge in [-0.2, -0.15) is 0 Å². The molecule has 1 aromatic carbocycles. The Morgan fingerprint density at radius 1 is 1.22 bits per heavy atom. The highest BCUT2D eigenvalue weighted by Gasteiger charge is 2.40. The van der Waals surface area contributed by atoms with E-state index in [1.165, 1.54) is 12.3 Å². The van der Waals surface area contributed by atoms with Crippen molar-refractivity contribution in [3.05, 3.63) is 34.2 Å². The minimum atomic E-state index is -3.88. The average molecular weight is 469 g/mol. The van der Waals surface area contributed by atoms with Crippen LogP contribution in [0.15, 0.2) is 22.8 Å². The third kappa shape index (κ3) is 3.51. The molecular weight excluding hydrogens is 452 g/mol. The summed E-state index contributed by atoms with van der Waals surface area (Å²) in [4.78, 5) is 0. The van der Waals surface area contributed by atoms with Crippen LogP contribution >= 0.6 is 15.9 Å². The second kappa shape index (κ2) is 6.73.